The Morgan fingerprint density at radius 3 is 2.32 bits per heavy atom. The molecule has 3 rings (SSSR count). The molecule has 1 heterocycles. The zero-order valence-electron chi connectivity index (χ0n) is 11.0. The zero-order valence-corrected chi connectivity index (χ0v) is 11.0. The molecule has 4 nitrogen and oxygen atoms in total. The van der Waals surface area contributed by atoms with Crippen molar-refractivity contribution in [2.45, 2.75) is 0 Å². The maximum Gasteiger partial charge on any atom is 0.231 e. The van der Waals surface area contributed by atoms with Gasteiger partial charge in [0.15, 0.2) is 11.5 Å². The summed E-state index contributed by atoms with van der Waals surface area (Å²) in [5.74, 6) is 1.59. The van der Waals surface area contributed by atoms with Crippen LogP contribution in [-0.4, -0.2) is 20.9 Å². The molecule has 98 valence electrons. The summed E-state index contributed by atoms with van der Waals surface area (Å²) in [6, 6.07) is 14.1. The maximum atomic E-state index is 5.36. The number of nitrogens with zero attached hydrogens (tertiary/aromatic N) is 1. The summed E-state index contributed by atoms with van der Waals surface area (Å²) in [5.41, 5.74) is 3.21. The van der Waals surface area contributed by atoms with Crippen LogP contribution >= 0.6 is 0 Å². The normalized spacial score (nSPS) is 12.3. The quantitative estimate of drug-likeness (QED) is 0.914. The Morgan fingerprint density at radius 1 is 0.895 bits per heavy atom. The monoisotopic (exact) mass is 256 g/mol. The third-order valence-corrected chi connectivity index (χ3v) is 3.04. The third-order valence-electron chi connectivity index (χ3n) is 3.04. The molecule has 0 radical (unpaired) electrons. The van der Waals surface area contributed by atoms with Crippen molar-refractivity contribution in [1.82, 2.24) is 0 Å². The molecule has 0 aromatic heterocycles. The van der Waals surface area contributed by atoms with Crippen molar-refractivity contribution >= 4 is 17.1 Å². The highest BCUT2D eigenvalue weighted by Crippen LogP contribution is 2.35. The highest BCUT2D eigenvalue weighted by atomic mass is 16.7. The van der Waals surface area contributed by atoms with Gasteiger partial charge in [0.2, 0.25) is 6.79 Å². The van der Waals surface area contributed by atoms with Gasteiger partial charge in [-0.15, -0.1) is 0 Å². The van der Waals surface area contributed by atoms with Crippen LogP contribution in [0, 0.1) is 0 Å². The van der Waals surface area contributed by atoms with Gasteiger partial charge in [0.1, 0.15) is 0 Å². The largest absolute Gasteiger partial charge is 0.454 e. The van der Waals surface area contributed by atoms with E-state index in [4.69, 9.17) is 9.47 Å². The van der Waals surface area contributed by atoms with Gasteiger partial charge in [-0.3, -0.25) is 0 Å². The summed E-state index contributed by atoms with van der Waals surface area (Å²) in [4.78, 5) is 2.07. The second kappa shape index (κ2) is 4.72. The van der Waals surface area contributed by atoms with E-state index >= 15 is 0 Å². The Labute approximate surface area is 112 Å². The van der Waals surface area contributed by atoms with Gasteiger partial charge in [-0.1, -0.05) is 0 Å². The molecule has 2 aromatic rings. The average Bonchev–Trinajstić information content (AvgIpc) is 2.87. The fourth-order valence-electron chi connectivity index (χ4n) is 1.98. The minimum Gasteiger partial charge on any atom is -0.454 e. The zero-order chi connectivity index (χ0) is 13.2. The van der Waals surface area contributed by atoms with E-state index in [9.17, 15) is 0 Å². The first-order valence-electron chi connectivity index (χ1n) is 6.16. The first kappa shape index (κ1) is 11.7. The molecule has 0 amide bonds. The second-order valence-corrected chi connectivity index (χ2v) is 4.63. The first-order chi connectivity index (χ1) is 9.22. The molecular formula is C15H16N2O2. The molecule has 0 atom stereocenters. The van der Waals surface area contributed by atoms with Gasteiger partial charge in [0.05, 0.1) is 0 Å². The van der Waals surface area contributed by atoms with Crippen molar-refractivity contribution in [1.29, 1.82) is 0 Å². The lowest BCUT2D eigenvalue weighted by atomic mass is 10.2. The van der Waals surface area contributed by atoms with Crippen LogP contribution in [0.15, 0.2) is 42.5 Å². The molecule has 0 fully saturated rings. The Balaban J connectivity index is 1.77. The number of fused-ring (bicyclic) bond motifs is 1. The van der Waals surface area contributed by atoms with Crippen molar-refractivity contribution in [2.24, 2.45) is 0 Å². The lowest BCUT2D eigenvalue weighted by Gasteiger charge is -2.13. The number of rotatable bonds is 3. The van der Waals surface area contributed by atoms with Crippen molar-refractivity contribution in [3.05, 3.63) is 42.5 Å². The Hall–Kier alpha value is -2.36. The third kappa shape index (κ3) is 2.42. The van der Waals surface area contributed by atoms with Crippen molar-refractivity contribution in [3.63, 3.8) is 0 Å². The summed E-state index contributed by atoms with van der Waals surface area (Å²) >= 11 is 0. The Kier molecular flexibility index (Phi) is 2.91. The average molecular weight is 256 g/mol. The van der Waals surface area contributed by atoms with Gasteiger partial charge in [-0.25, -0.2) is 0 Å². The van der Waals surface area contributed by atoms with E-state index in [1.807, 2.05) is 32.3 Å². The summed E-state index contributed by atoms with van der Waals surface area (Å²) in [5, 5.41) is 3.35. The van der Waals surface area contributed by atoms with E-state index < -0.39 is 0 Å². The SMILES string of the molecule is CN(C)c1ccc(Nc2ccc3c(c2)OCO3)cc1. The molecular weight excluding hydrogens is 240 g/mol. The first-order valence-corrected chi connectivity index (χ1v) is 6.16. The van der Waals surface area contributed by atoms with Crippen LogP contribution in [0.2, 0.25) is 0 Å². The molecule has 0 bridgehead atoms. The number of benzene rings is 2. The fourth-order valence-corrected chi connectivity index (χ4v) is 1.98. The topological polar surface area (TPSA) is 33.7 Å². The van der Waals surface area contributed by atoms with E-state index in [-0.39, 0.29) is 0 Å². The maximum absolute atomic E-state index is 5.36. The molecule has 1 aliphatic rings. The van der Waals surface area contributed by atoms with Gasteiger partial charge < -0.3 is 19.7 Å². The predicted octanol–water partition coefficient (Wildman–Crippen LogP) is 3.22. The Morgan fingerprint density at radius 2 is 1.58 bits per heavy atom. The van der Waals surface area contributed by atoms with Gasteiger partial charge in [0, 0.05) is 37.2 Å². The van der Waals surface area contributed by atoms with Crippen LogP contribution in [-0.2, 0) is 0 Å². The highest BCUT2D eigenvalue weighted by Gasteiger charge is 2.13. The highest BCUT2D eigenvalue weighted by molar-refractivity contribution is 5.65. The van der Waals surface area contributed by atoms with Crippen molar-refractivity contribution in [3.8, 4) is 11.5 Å². The molecule has 0 unspecified atom stereocenters. The van der Waals surface area contributed by atoms with E-state index in [1.54, 1.807) is 0 Å². The molecule has 0 saturated heterocycles. The standard InChI is InChI=1S/C15H16N2O2/c1-17(2)13-6-3-11(4-7-13)16-12-5-8-14-15(9-12)19-10-18-14/h3-9,16H,10H2,1-2H3. The Bertz CT molecular complexity index is 579. The predicted molar refractivity (Wildman–Crippen MR) is 76.6 cm³/mol. The minimum absolute atomic E-state index is 0.302. The lowest BCUT2D eigenvalue weighted by molar-refractivity contribution is 0.174. The van der Waals surface area contributed by atoms with Crippen LogP contribution in [0.4, 0.5) is 17.1 Å². The number of nitrogens with one attached hydrogen (secondary N) is 1. The number of hydrogen-bond donors (Lipinski definition) is 1. The van der Waals surface area contributed by atoms with E-state index in [2.05, 4.69) is 34.5 Å². The van der Waals surface area contributed by atoms with Crippen LogP contribution in [0.3, 0.4) is 0 Å². The molecule has 0 spiro atoms. The van der Waals surface area contributed by atoms with Crippen LogP contribution in [0.1, 0.15) is 0 Å². The molecule has 19 heavy (non-hydrogen) atoms. The van der Waals surface area contributed by atoms with Crippen molar-refractivity contribution < 1.29 is 9.47 Å². The summed E-state index contributed by atoms with van der Waals surface area (Å²) in [6.07, 6.45) is 0. The number of ether oxygens (including phenoxy) is 2. The minimum atomic E-state index is 0.302. The van der Waals surface area contributed by atoms with E-state index in [1.165, 1.54) is 5.69 Å². The molecule has 0 aliphatic carbocycles. The molecule has 1 aliphatic heterocycles. The smallest absolute Gasteiger partial charge is 0.231 e. The van der Waals surface area contributed by atoms with Crippen LogP contribution < -0.4 is 19.7 Å². The van der Waals surface area contributed by atoms with E-state index in [0.29, 0.717) is 6.79 Å². The van der Waals surface area contributed by atoms with Gasteiger partial charge in [0.25, 0.3) is 0 Å². The van der Waals surface area contributed by atoms with Gasteiger partial charge >= 0.3 is 0 Å². The number of anilines is 3. The second-order valence-electron chi connectivity index (χ2n) is 4.63. The summed E-state index contributed by atoms with van der Waals surface area (Å²) in [6.45, 7) is 0.302. The van der Waals surface area contributed by atoms with E-state index in [0.717, 1.165) is 22.9 Å². The van der Waals surface area contributed by atoms with Gasteiger partial charge in [-0.05, 0) is 36.4 Å². The molecule has 2 aromatic carbocycles. The molecule has 0 saturated carbocycles. The van der Waals surface area contributed by atoms with Crippen LogP contribution in [0.25, 0.3) is 0 Å². The summed E-state index contributed by atoms with van der Waals surface area (Å²) < 4.78 is 10.6. The van der Waals surface area contributed by atoms with Gasteiger partial charge in [-0.2, -0.15) is 0 Å². The van der Waals surface area contributed by atoms with Crippen LogP contribution in [0.5, 0.6) is 11.5 Å². The molecule has 1 N–H and O–H groups in total. The summed E-state index contributed by atoms with van der Waals surface area (Å²) in [7, 11) is 4.06. The number of hydrogen-bond acceptors (Lipinski definition) is 4. The van der Waals surface area contributed by atoms with Crippen molar-refractivity contribution in [2.75, 3.05) is 31.1 Å². The fraction of sp³-hybridized carbons (Fsp3) is 0.200. The lowest BCUT2D eigenvalue weighted by Crippen LogP contribution is -2.08. The molecule has 4 heteroatoms.